The molecule has 14 heavy (non-hydrogen) atoms. The van der Waals surface area contributed by atoms with E-state index >= 15 is 0 Å². The topological polar surface area (TPSA) is 76.1 Å². The molecule has 7 heteroatoms. The SMILES string of the molecule is O=C(Nc1cnns1)C1COCCN1. The van der Waals surface area contributed by atoms with Gasteiger partial charge in [0.25, 0.3) is 0 Å². The van der Waals surface area contributed by atoms with Gasteiger partial charge in [-0.15, -0.1) is 5.10 Å². The van der Waals surface area contributed by atoms with E-state index in [1.807, 2.05) is 0 Å². The van der Waals surface area contributed by atoms with Gasteiger partial charge in [-0.3, -0.25) is 4.79 Å². The summed E-state index contributed by atoms with van der Waals surface area (Å²) in [6.07, 6.45) is 1.52. The second-order valence-corrected chi connectivity index (χ2v) is 3.64. The van der Waals surface area contributed by atoms with Crippen molar-refractivity contribution in [2.24, 2.45) is 0 Å². The number of hydrogen-bond acceptors (Lipinski definition) is 6. The Morgan fingerprint density at radius 2 is 2.71 bits per heavy atom. The van der Waals surface area contributed by atoms with Crippen molar-refractivity contribution in [3.63, 3.8) is 0 Å². The number of hydrogen-bond donors (Lipinski definition) is 2. The van der Waals surface area contributed by atoms with E-state index in [4.69, 9.17) is 4.74 Å². The first-order valence-corrected chi connectivity index (χ1v) is 5.03. The molecule has 1 aromatic heterocycles. The standard InChI is InChI=1S/C7H10N4O2S/c12-7(5-4-13-2-1-8-5)10-6-3-9-11-14-6/h3,5,8H,1-2,4H2,(H,10,12). The predicted octanol–water partition coefficient (Wildman–Crippen LogP) is -0.535. The average Bonchev–Trinajstić information content (AvgIpc) is 2.72. The Labute approximate surface area is 84.8 Å². The highest BCUT2D eigenvalue weighted by atomic mass is 32.1. The van der Waals surface area contributed by atoms with Gasteiger partial charge in [-0.25, -0.2) is 0 Å². The number of nitrogens with one attached hydrogen (secondary N) is 2. The van der Waals surface area contributed by atoms with Gasteiger partial charge in [-0.2, -0.15) is 0 Å². The zero-order chi connectivity index (χ0) is 9.80. The van der Waals surface area contributed by atoms with Crippen molar-refractivity contribution >= 4 is 22.4 Å². The van der Waals surface area contributed by atoms with Gasteiger partial charge in [0, 0.05) is 18.1 Å². The number of ether oxygens (including phenoxy) is 1. The molecule has 2 heterocycles. The van der Waals surface area contributed by atoms with Crippen LogP contribution in [0.4, 0.5) is 5.00 Å². The van der Waals surface area contributed by atoms with Crippen LogP contribution in [0, 0.1) is 0 Å². The Balaban J connectivity index is 1.88. The molecule has 1 unspecified atom stereocenters. The molecule has 2 N–H and O–H groups in total. The van der Waals surface area contributed by atoms with Crippen LogP contribution in [0.25, 0.3) is 0 Å². The summed E-state index contributed by atoms with van der Waals surface area (Å²) in [5, 5.41) is 10.0. The summed E-state index contributed by atoms with van der Waals surface area (Å²) >= 11 is 1.15. The van der Waals surface area contributed by atoms with Gasteiger partial charge in [0.1, 0.15) is 11.0 Å². The number of anilines is 1. The minimum Gasteiger partial charge on any atom is -0.378 e. The molecular weight excluding hydrogens is 204 g/mol. The molecule has 76 valence electrons. The highest BCUT2D eigenvalue weighted by molar-refractivity contribution is 7.10. The number of carbonyl (C=O) groups is 1. The Bertz CT molecular complexity index is 297. The van der Waals surface area contributed by atoms with E-state index < -0.39 is 0 Å². The number of carbonyl (C=O) groups excluding carboxylic acids is 1. The lowest BCUT2D eigenvalue weighted by Gasteiger charge is -2.22. The molecule has 0 radical (unpaired) electrons. The molecule has 2 rings (SSSR count). The van der Waals surface area contributed by atoms with Gasteiger partial charge in [0.05, 0.1) is 19.4 Å². The van der Waals surface area contributed by atoms with Crippen molar-refractivity contribution in [3.8, 4) is 0 Å². The van der Waals surface area contributed by atoms with E-state index in [0.717, 1.165) is 11.5 Å². The number of nitrogens with zero attached hydrogens (tertiary/aromatic N) is 2. The number of morpholine rings is 1. The summed E-state index contributed by atoms with van der Waals surface area (Å²) in [6.45, 7) is 1.78. The van der Waals surface area contributed by atoms with Crippen LogP contribution < -0.4 is 10.6 Å². The smallest absolute Gasteiger partial charge is 0.244 e. The first-order chi connectivity index (χ1) is 6.86. The van der Waals surface area contributed by atoms with Gasteiger partial charge >= 0.3 is 0 Å². The number of aromatic nitrogens is 2. The predicted molar refractivity (Wildman–Crippen MR) is 51.1 cm³/mol. The van der Waals surface area contributed by atoms with E-state index in [1.54, 1.807) is 0 Å². The fourth-order valence-corrected chi connectivity index (χ4v) is 1.59. The maximum atomic E-state index is 11.6. The molecule has 0 saturated carbocycles. The molecule has 0 aliphatic carbocycles. The monoisotopic (exact) mass is 214 g/mol. The summed E-state index contributed by atoms with van der Waals surface area (Å²) in [7, 11) is 0. The summed E-state index contributed by atoms with van der Waals surface area (Å²) in [4.78, 5) is 11.6. The molecule has 0 spiro atoms. The van der Waals surface area contributed by atoms with Crippen LogP contribution in [0.3, 0.4) is 0 Å². The van der Waals surface area contributed by atoms with Crippen molar-refractivity contribution in [2.75, 3.05) is 25.1 Å². The molecule has 1 saturated heterocycles. The van der Waals surface area contributed by atoms with Gasteiger partial charge in [-0.1, -0.05) is 4.49 Å². The third-order valence-corrected chi connectivity index (χ3v) is 2.43. The quantitative estimate of drug-likeness (QED) is 0.692. The lowest BCUT2D eigenvalue weighted by atomic mass is 10.2. The van der Waals surface area contributed by atoms with Crippen molar-refractivity contribution < 1.29 is 9.53 Å². The number of rotatable bonds is 2. The molecule has 1 aliphatic rings. The van der Waals surface area contributed by atoms with Gasteiger partial charge < -0.3 is 15.4 Å². The fraction of sp³-hybridized carbons (Fsp3) is 0.571. The minimum atomic E-state index is -0.272. The van der Waals surface area contributed by atoms with Crippen LogP contribution in [0.15, 0.2) is 6.20 Å². The molecule has 1 fully saturated rings. The zero-order valence-electron chi connectivity index (χ0n) is 7.40. The van der Waals surface area contributed by atoms with Gasteiger partial charge in [0.2, 0.25) is 5.91 Å². The average molecular weight is 214 g/mol. The van der Waals surface area contributed by atoms with E-state index in [1.165, 1.54) is 6.20 Å². The second kappa shape index (κ2) is 4.45. The van der Waals surface area contributed by atoms with Crippen LogP contribution in [0.5, 0.6) is 0 Å². The first-order valence-electron chi connectivity index (χ1n) is 4.25. The molecule has 1 aromatic rings. The van der Waals surface area contributed by atoms with Crippen molar-refractivity contribution in [1.82, 2.24) is 14.9 Å². The van der Waals surface area contributed by atoms with Crippen molar-refractivity contribution in [1.29, 1.82) is 0 Å². The van der Waals surface area contributed by atoms with Crippen molar-refractivity contribution in [2.45, 2.75) is 6.04 Å². The summed E-state index contributed by atoms with van der Waals surface area (Å²) in [6, 6.07) is -0.272. The van der Waals surface area contributed by atoms with Crippen LogP contribution >= 0.6 is 11.5 Å². The van der Waals surface area contributed by atoms with Gasteiger partial charge in [0.15, 0.2) is 0 Å². The maximum absolute atomic E-state index is 11.6. The maximum Gasteiger partial charge on any atom is 0.244 e. The molecule has 1 atom stereocenters. The Morgan fingerprint density at radius 1 is 1.79 bits per heavy atom. The Hall–Kier alpha value is -1.05. The van der Waals surface area contributed by atoms with Crippen LogP contribution in [0.2, 0.25) is 0 Å². The van der Waals surface area contributed by atoms with E-state index in [-0.39, 0.29) is 11.9 Å². The second-order valence-electron chi connectivity index (χ2n) is 2.85. The third-order valence-electron chi connectivity index (χ3n) is 1.85. The minimum absolute atomic E-state index is 0.101. The first kappa shape index (κ1) is 9.50. The van der Waals surface area contributed by atoms with Crippen LogP contribution in [0.1, 0.15) is 0 Å². The van der Waals surface area contributed by atoms with Crippen LogP contribution in [-0.4, -0.2) is 41.3 Å². The summed E-state index contributed by atoms with van der Waals surface area (Å²) in [5.41, 5.74) is 0. The van der Waals surface area contributed by atoms with Gasteiger partial charge in [-0.05, 0) is 0 Å². The largest absolute Gasteiger partial charge is 0.378 e. The Kier molecular flexibility index (Phi) is 3.02. The highest BCUT2D eigenvalue weighted by Gasteiger charge is 2.21. The van der Waals surface area contributed by atoms with E-state index in [2.05, 4.69) is 20.2 Å². The zero-order valence-corrected chi connectivity index (χ0v) is 8.21. The van der Waals surface area contributed by atoms with Crippen molar-refractivity contribution in [3.05, 3.63) is 6.20 Å². The highest BCUT2D eigenvalue weighted by Crippen LogP contribution is 2.09. The van der Waals surface area contributed by atoms with E-state index in [0.29, 0.717) is 24.8 Å². The normalized spacial score (nSPS) is 21.9. The van der Waals surface area contributed by atoms with Crippen LogP contribution in [-0.2, 0) is 9.53 Å². The molecule has 1 aliphatic heterocycles. The summed E-state index contributed by atoms with van der Waals surface area (Å²) < 4.78 is 8.82. The molecular formula is C7H10N4O2S. The molecule has 0 bridgehead atoms. The molecule has 0 aromatic carbocycles. The lowest BCUT2D eigenvalue weighted by molar-refractivity contribution is -0.120. The number of amides is 1. The molecule has 6 nitrogen and oxygen atoms in total. The Morgan fingerprint density at radius 3 is 3.36 bits per heavy atom. The molecule has 1 amide bonds. The summed E-state index contributed by atoms with van der Waals surface area (Å²) in [5.74, 6) is -0.101. The van der Waals surface area contributed by atoms with E-state index in [9.17, 15) is 4.79 Å². The lowest BCUT2D eigenvalue weighted by Crippen LogP contribution is -2.48. The fourth-order valence-electron chi connectivity index (χ4n) is 1.16. The third kappa shape index (κ3) is 2.25.